The summed E-state index contributed by atoms with van der Waals surface area (Å²) < 4.78 is 36.3. The minimum Gasteiger partial charge on any atom is -0.497 e. The molecule has 2 rings (SSSR count). The summed E-state index contributed by atoms with van der Waals surface area (Å²) in [5.41, 5.74) is 0.390. The van der Waals surface area contributed by atoms with Crippen LogP contribution in [0.1, 0.15) is 32.1 Å². The third-order valence-corrected chi connectivity index (χ3v) is 5.83. The van der Waals surface area contributed by atoms with Gasteiger partial charge < -0.3 is 14.8 Å². The second-order valence-electron chi connectivity index (χ2n) is 6.50. The molecule has 146 valence electrons. The highest BCUT2D eigenvalue weighted by Gasteiger charge is 2.24. The van der Waals surface area contributed by atoms with Gasteiger partial charge in [-0.1, -0.05) is 19.3 Å². The number of methoxy groups -OCH3 is 2. The standard InChI is InChI=1S/C18H28N2O5S/c1-24-15-9-10-17(25-2)16(13-15)20(26(3,22)23)12-11-19-18(21)14-7-5-4-6-8-14/h9-10,13-14H,4-8,11-12H2,1-3H3,(H,19,21). The van der Waals surface area contributed by atoms with Gasteiger partial charge >= 0.3 is 0 Å². The van der Waals surface area contributed by atoms with Gasteiger partial charge in [0.2, 0.25) is 15.9 Å². The highest BCUT2D eigenvalue weighted by atomic mass is 32.2. The van der Waals surface area contributed by atoms with Crippen LogP contribution in [-0.4, -0.2) is 47.9 Å². The van der Waals surface area contributed by atoms with Gasteiger partial charge in [-0.05, 0) is 25.0 Å². The third-order valence-electron chi connectivity index (χ3n) is 4.65. The lowest BCUT2D eigenvalue weighted by Gasteiger charge is -2.26. The number of benzene rings is 1. The van der Waals surface area contributed by atoms with Gasteiger partial charge in [0.25, 0.3) is 0 Å². The number of hydrogen-bond acceptors (Lipinski definition) is 5. The monoisotopic (exact) mass is 384 g/mol. The van der Waals surface area contributed by atoms with E-state index in [1.807, 2.05) is 0 Å². The van der Waals surface area contributed by atoms with E-state index < -0.39 is 10.0 Å². The molecule has 1 saturated carbocycles. The van der Waals surface area contributed by atoms with E-state index in [2.05, 4.69) is 5.32 Å². The van der Waals surface area contributed by atoms with E-state index >= 15 is 0 Å². The fourth-order valence-corrected chi connectivity index (χ4v) is 4.17. The summed E-state index contributed by atoms with van der Waals surface area (Å²) >= 11 is 0. The highest BCUT2D eigenvalue weighted by Crippen LogP contribution is 2.33. The van der Waals surface area contributed by atoms with E-state index in [0.717, 1.165) is 31.9 Å². The van der Waals surface area contributed by atoms with Crippen molar-refractivity contribution in [3.8, 4) is 11.5 Å². The van der Waals surface area contributed by atoms with Crippen LogP contribution in [0.2, 0.25) is 0 Å². The number of ether oxygens (including phenoxy) is 2. The van der Waals surface area contributed by atoms with Crippen molar-refractivity contribution in [3.05, 3.63) is 18.2 Å². The van der Waals surface area contributed by atoms with Gasteiger partial charge in [-0.15, -0.1) is 0 Å². The number of nitrogens with zero attached hydrogens (tertiary/aromatic N) is 1. The Bertz CT molecular complexity index is 714. The van der Waals surface area contributed by atoms with Gasteiger partial charge in [0, 0.05) is 18.5 Å². The molecule has 0 unspecified atom stereocenters. The minimum absolute atomic E-state index is 0.00996. The number of carbonyl (C=O) groups is 1. The summed E-state index contributed by atoms with van der Waals surface area (Å²) in [5, 5.41) is 2.87. The lowest BCUT2D eigenvalue weighted by Crippen LogP contribution is -2.40. The number of amides is 1. The van der Waals surface area contributed by atoms with Crippen molar-refractivity contribution in [2.75, 3.05) is 37.9 Å². The highest BCUT2D eigenvalue weighted by molar-refractivity contribution is 7.92. The SMILES string of the molecule is COc1ccc(OC)c(N(CCNC(=O)C2CCCCC2)S(C)(=O)=O)c1. The largest absolute Gasteiger partial charge is 0.497 e. The first-order chi connectivity index (χ1) is 12.4. The van der Waals surface area contributed by atoms with Gasteiger partial charge in [0.1, 0.15) is 11.5 Å². The molecule has 0 bridgehead atoms. The smallest absolute Gasteiger partial charge is 0.232 e. The van der Waals surface area contributed by atoms with E-state index in [0.29, 0.717) is 17.2 Å². The lowest BCUT2D eigenvalue weighted by molar-refractivity contribution is -0.125. The summed E-state index contributed by atoms with van der Waals surface area (Å²) in [6.45, 7) is 0.365. The molecule has 0 saturated heterocycles. The first kappa shape index (κ1) is 20.4. The number of rotatable bonds is 8. The van der Waals surface area contributed by atoms with Crippen LogP contribution in [0.4, 0.5) is 5.69 Å². The molecule has 1 aromatic rings. The summed E-state index contributed by atoms with van der Waals surface area (Å²) in [7, 11) is -0.554. The molecule has 1 N–H and O–H groups in total. The summed E-state index contributed by atoms with van der Waals surface area (Å²) in [6.07, 6.45) is 6.29. The molecular weight excluding hydrogens is 356 g/mol. The Balaban J connectivity index is 2.10. The summed E-state index contributed by atoms with van der Waals surface area (Å²) in [6, 6.07) is 4.98. The molecule has 0 radical (unpaired) electrons. The average Bonchev–Trinajstić information content (AvgIpc) is 2.64. The second kappa shape index (κ2) is 9.12. The van der Waals surface area contributed by atoms with Crippen molar-refractivity contribution in [1.29, 1.82) is 0 Å². The molecule has 1 amide bonds. The van der Waals surface area contributed by atoms with Crippen molar-refractivity contribution >= 4 is 21.6 Å². The van der Waals surface area contributed by atoms with Crippen LogP contribution in [0.15, 0.2) is 18.2 Å². The van der Waals surface area contributed by atoms with Gasteiger partial charge in [0.05, 0.1) is 32.7 Å². The average molecular weight is 384 g/mol. The van der Waals surface area contributed by atoms with E-state index in [-0.39, 0.29) is 24.9 Å². The van der Waals surface area contributed by atoms with Gasteiger partial charge in [-0.2, -0.15) is 0 Å². The first-order valence-electron chi connectivity index (χ1n) is 8.84. The van der Waals surface area contributed by atoms with E-state index in [4.69, 9.17) is 9.47 Å². The normalized spacial score (nSPS) is 15.3. The Labute approximate surface area is 155 Å². The zero-order valence-corrected chi connectivity index (χ0v) is 16.5. The maximum Gasteiger partial charge on any atom is 0.232 e. The van der Waals surface area contributed by atoms with Crippen LogP contribution in [-0.2, 0) is 14.8 Å². The molecule has 0 aromatic heterocycles. The second-order valence-corrected chi connectivity index (χ2v) is 8.41. The molecule has 26 heavy (non-hydrogen) atoms. The van der Waals surface area contributed by atoms with Crippen LogP contribution in [0, 0.1) is 5.92 Å². The maximum atomic E-state index is 12.3. The molecule has 1 aromatic carbocycles. The zero-order valence-electron chi connectivity index (χ0n) is 15.7. The van der Waals surface area contributed by atoms with Crippen LogP contribution in [0.5, 0.6) is 11.5 Å². The van der Waals surface area contributed by atoms with Crippen molar-refractivity contribution in [1.82, 2.24) is 5.32 Å². The predicted molar refractivity (Wildman–Crippen MR) is 101 cm³/mol. The quantitative estimate of drug-likeness (QED) is 0.742. The van der Waals surface area contributed by atoms with Gasteiger partial charge in [-0.25, -0.2) is 8.42 Å². The van der Waals surface area contributed by atoms with Crippen LogP contribution in [0.25, 0.3) is 0 Å². The molecule has 0 heterocycles. The Kier molecular flexibility index (Phi) is 7.14. The van der Waals surface area contributed by atoms with Crippen LogP contribution < -0.4 is 19.1 Å². The van der Waals surface area contributed by atoms with Crippen molar-refractivity contribution in [3.63, 3.8) is 0 Å². The number of hydrogen-bond donors (Lipinski definition) is 1. The number of carbonyl (C=O) groups excluding carboxylic acids is 1. The fourth-order valence-electron chi connectivity index (χ4n) is 3.25. The number of anilines is 1. The summed E-state index contributed by atoms with van der Waals surface area (Å²) in [5.74, 6) is 1.01. The third kappa shape index (κ3) is 5.27. The van der Waals surface area contributed by atoms with Gasteiger partial charge in [0.15, 0.2) is 0 Å². The number of sulfonamides is 1. The van der Waals surface area contributed by atoms with E-state index in [9.17, 15) is 13.2 Å². The number of nitrogens with one attached hydrogen (secondary N) is 1. The van der Waals surface area contributed by atoms with Crippen LogP contribution >= 0.6 is 0 Å². The molecule has 7 nitrogen and oxygen atoms in total. The Morgan fingerprint density at radius 1 is 1.19 bits per heavy atom. The van der Waals surface area contributed by atoms with E-state index in [1.165, 1.54) is 24.9 Å². The molecule has 1 fully saturated rings. The Morgan fingerprint density at radius 3 is 2.46 bits per heavy atom. The zero-order chi connectivity index (χ0) is 19.2. The van der Waals surface area contributed by atoms with Crippen molar-refractivity contribution in [2.45, 2.75) is 32.1 Å². The van der Waals surface area contributed by atoms with E-state index in [1.54, 1.807) is 18.2 Å². The molecule has 0 atom stereocenters. The molecule has 0 spiro atoms. The molecule has 0 aliphatic heterocycles. The summed E-state index contributed by atoms with van der Waals surface area (Å²) in [4.78, 5) is 12.3. The Morgan fingerprint density at radius 2 is 1.88 bits per heavy atom. The Hall–Kier alpha value is -1.96. The fraction of sp³-hybridized carbons (Fsp3) is 0.611. The maximum absolute atomic E-state index is 12.3. The topological polar surface area (TPSA) is 84.9 Å². The first-order valence-corrected chi connectivity index (χ1v) is 10.7. The molecule has 1 aliphatic carbocycles. The van der Waals surface area contributed by atoms with Crippen LogP contribution in [0.3, 0.4) is 0 Å². The molecule has 1 aliphatic rings. The minimum atomic E-state index is -3.55. The molecule has 8 heteroatoms. The van der Waals surface area contributed by atoms with Crippen molar-refractivity contribution < 1.29 is 22.7 Å². The predicted octanol–water partition coefficient (Wildman–Crippen LogP) is 2.17. The van der Waals surface area contributed by atoms with Gasteiger partial charge in [-0.3, -0.25) is 9.10 Å². The van der Waals surface area contributed by atoms with Crippen molar-refractivity contribution in [2.24, 2.45) is 5.92 Å². The lowest BCUT2D eigenvalue weighted by atomic mass is 9.89. The molecular formula is C18H28N2O5S.